The summed E-state index contributed by atoms with van der Waals surface area (Å²) in [6.45, 7) is 0.187. The molecule has 0 spiro atoms. The second-order valence-corrected chi connectivity index (χ2v) is 9.34. The summed E-state index contributed by atoms with van der Waals surface area (Å²) < 4.78 is 25.7. The molecular weight excluding hydrogens is 410 g/mol. The molecule has 0 saturated heterocycles. The third kappa shape index (κ3) is 4.16. The monoisotopic (exact) mass is 427 g/mol. The number of thiophene rings is 1. The van der Waals surface area contributed by atoms with Gasteiger partial charge in [-0.05, 0) is 36.6 Å². The van der Waals surface area contributed by atoms with E-state index in [9.17, 15) is 13.2 Å². The second kappa shape index (κ2) is 7.97. The smallest absolute Gasteiger partial charge is 0.284 e. The number of carbonyl (C=O) groups excluding carboxylic acids is 1. The number of aliphatic hydroxyl groups is 1. The average molecular weight is 428 g/mol. The number of hydrogen-bond acceptors (Lipinski definition) is 7. The fourth-order valence-corrected chi connectivity index (χ4v) is 5.65. The van der Waals surface area contributed by atoms with Gasteiger partial charge in [-0.3, -0.25) is 9.80 Å². The van der Waals surface area contributed by atoms with Crippen LogP contribution in [0.4, 0.5) is 5.00 Å². The molecule has 0 unspecified atom stereocenters. The zero-order chi connectivity index (χ0) is 19.6. The minimum absolute atomic E-state index is 0.0278. The van der Waals surface area contributed by atoms with Crippen LogP contribution in [-0.2, 0) is 27.6 Å². The van der Waals surface area contributed by atoms with Crippen molar-refractivity contribution in [3.63, 3.8) is 0 Å². The molecule has 2 aromatic rings. The van der Waals surface area contributed by atoms with Crippen LogP contribution >= 0.6 is 22.9 Å². The summed E-state index contributed by atoms with van der Waals surface area (Å²) in [5.74, 6) is -0.759. The van der Waals surface area contributed by atoms with Crippen molar-refractivity contribution in [1.82, 2.24) is 5.32 Å². The van der Waals surface area contributed by atoms with E-state index in [1.165, 1.54) is 16.3 Å². The third-order valence-electron chi connectivity index (χ3n) is 3.95. The highest BCUT2D eigenvalue weighted by molar-refractivity contribution is 8.08. The largest absolute Gasteiger partial charge is 0.396 e. The summed E-state index contributed by atoms with van der Waals surface area (Å²) in [6, 6.07) is 8.43. The van der Waals surface area contributed by atoms with Gasteiger partial charge in [0.15, 0.2) is 0 Å². The number of nitrogens with one attached hydrogen (secondary N) is 1. The Morgan fingerprint density at radius 2 is 2.04 bits per heavy atom. The molecule has 1 aromatic carbocycles. The minimum atomic E-state index is -4.01. The van der Waals surface area contributed by atoms with Gasteiger partial charge in [0.05, 0.1) is 0 Å². The Hall–Kier alpha value is -1.94. The van der Waals surface area contributed by atoms with Crippen LogP contribution in [0.5, 0.6) is 0 Å². The van der Waals surface area contributed by atoms with Gasteiger partial charge in [-0.2, -0.15) is 5.10 Å². The fraction of sp³-hybridized carbons (Fsp3) is 0.294. The number of fused-ring (bicyclic) bond motifs is 1. The van der Waals surface area contributed by atoms with E-state index >= 15 is 0 Å². The van der Waals surface area contributed by atoms with Crippen molar-refractivity contribution in [2.75, 3.05) is 18.7 Å². The number of amides is 1. The minimum Gasteiger partial charge on any atom is -0.396 e. The van der Waals surface area contributed by atoms with Crippen LogP contribution in [-0.4, -0.2) is 38.1 Å². The zero-order valence-corrected chi connectivity index (χ0v) is 16.9. The van der Waals surface area contributed by atoms with Gasteiger partial charge in [0.2, 0.25) is 14.9 Å². The van der Waals surface area contributed by atoms with Crippen molar-refractivity contribution in [3.05, 3.63) is 45.8 Å². The lowest BCUT2D eigenvalue weighted by Crippen LogP contribution is -2.39. The number of hydrazone groups is 1. The Balaban J connectivity index is 1.80. The molecule has 10 heteroatoms. The topological polar surface area (TPSA) is 99.1 Å². The van der Waals surface area contributed by atoms with Gasteiger partial charge in [-0.1, -0.05) is 23.7 Å². The fourth-order valence-electron chi connectivity index (χ4n) is 2.57. The molecule has 1 aliphatic heterocycles. The van der Waals surface area contributed by atoms with Crippen LogP contribution < -0.4 is 10.3 Å². The van der Waals surface area contributed by atoms with Crippen LogP contribution in [0.25, 0.3) is 0 Å². The number of sulfone groups is 1. The lowest BCUT2D eigenvalue weighted by molar-refractivity contribution is -0.114. The molecule has 1 aromatic heterocycles. The van der Waals surface area contributed by atoms with Gasteiger partial charge in [0, 0.05) is 30.1 Å². The van der Waals surface area contributed by atoms with Crippen molar-refractivity contribution in [2.45, 2.75) is 24.3 Å². The lowest BCUT2D eigenvalue weighted by atomic mass is 10.2. The van der Waals surface area contributed by atoms with E-state index in [1.807, 2.05) is 0 Å². The highest BCUT2D eigenvalue weighted by Crippen LogP contribution is 2.39. The summed E-state index contributed by atoms with van der Waals surface area (Å²) >= 11 is 7.12. The first-order chi connectivity index (χ1) is 12.8. The molecule has 3 rings (SSSR count). The van der Waals surface area contributed by atoms with Crippen molar-refractivity contribution in [1.29, 1.82) is 0 Å². The molecule has 0 bridgehead atoms. The molecule has 1 aliphatic rings. The first-order valence-electron chi connectivity index (χ1n) is 8.16. The van der Waals surface area contributed by atoms with Crippen molar-refractivity contribution >= 4 is 48.7 Å². The van der Waals surface area contributed by atoms with E-state index in [2.05, 4.69) is 10.4 Å². The Bertz CT molecular complexity index is 984. The molecule has 144 valence electrons. The number of aryl methyl sites for hydroxylation is 1. The van der Waals surface area contributed by atoms with Gasteiger partial charge >= 0.3 is 0 Å². The summed E-state index contributed by atoms with van der Waals surface area (Å²) in [7, 11) is -2.40. The van der Waals surface area contributed by atoms with E-state index in [1.54, 1.807) is 37.4 Å². The van der Waals surface area contributed by atoms with Crippen LogP contribution in [0.15, 0.2) is 40.3 Å². The molecule has 27 heavy (non-hydrogen) atoms. The Morgan fingerprint density at radius 1 is 1.33 bits per heavy atom. The first kappa shape index (κ1) is 19.8. The van der Waals surface area contributed by atoms with Crippen LogP contribution in [0, 0.1) is 0 Å². The number of halogens is 1. The Morgan fingerprint density at radius 3 is 2.70 bits per heavy atom. The predicted octanol–water partition coefficient (Wildman–Crippen LogP) is 2.18. The predicted molar refractivity (Wildman–Crippen MR) is 106 cm³/mol. The van der Waals surface area contributed by atoms with Crippen LogP contribution in [0.2, 0.25) is 5.02 Å². The van der Waals surface area contributed by atoms with Crippen molar-refractivity contribution in [2.24, 2.45) is 5.10 Å². The Kier molecular flexibility index (Phi) is 5.85. The first-order valence-corrected chi connectivity index (χ1v) is 10.8. The summed E-state index contributed by atoms with van der Waals surface area (Å²) in [4.78, 5) is 13.4. The second-order valence-electron chi connectivity index (χ2n) is 5.95. The van der Waals surface area contributed by atoms with Crippen LogP contribution in [0.1, 0.15) is 16.9 Å². The summed E-state index contributed by atoms with van der Waals surface area (Å²) in [5.41, 5.74) is 0.789. The molecule has 2 N–H and O–H groups in total. The normalized spacial score (nSPS) is 15.2. The number of rotatable bonds is 6. The van der Waals surface area contributed by atoms with E-state index in [-0.39, 0.29) is 18.0 Å². The van der Waals surface area contributed by atoms with Gasteiger partial charge in [0.1, 0.15) is 9.90 Å². The summed E-state index contributed by atoms with van der Waals surface area (Å²) in [6.07, 6.45) is 1.11. The number of nitrogens with zero attached hydrogens (tertiary/aromatic N) is 2. The van der Waals surface area contributed by atoms with Gasteiger partial charge in [0.25, 0.3) is 5.91 Å². The van der Waals surface area contributed by atoms with E-state index in [0.717, 1.165) is 10.4 Å². The maximum atomic E-state index is 12.9. The zero-order valence-electron chi connectivity index (χ0n) is 14.5. The molecule has 1 amide bonds. The van der Waals surface area contributed by atoms with Crippen LogP contribution in [0.3, 0.4) is 0 Å². The van der Waals surface area contributed by atoms with Gasteiger partial charge in [-0.25, -0.2) is 8.42 Å². The van der Waals surface area contributed by atoms with Gasteiger partial charge in [-0.15, -0.1) is 11.3 Å². The van der Waals surface area contributed by atoms with E-state index in [0.29, 0.717) is 22.9 Å². The standard InChI is InChI=1S/C17H18ClN3O4S2/c1-21-17-14(9-13(26-17)3-2-8-22)27(24,25)16(20-21)15(23)19-10-11-4-6-12(18)7-5-11/h4-7,9,22H,2-3,8,10H2,1H3,(H,19,23). The average Bonchev–Trinajstić information content (AvgIpc) is 3.08. The molecule has 2 heterocycles. The number of anilines is 1. The number of benzene rings is 1. The third-order valence-corrected chi connectivity index (χ3v) is 7.26. The molecular formula is C17H18ClN3O4S2. The molecule has 0 fully saturated rings. The maximum absolute atomic E-state index is 12.9. The van der Waals surface area contributed by atoms with Crippen molar-refractivity contribution < 1.29 is 18.3 Å². The molecule has 7 nitrogen and oxygen atoms in total. The molecule has 0 aliphatic carbocycles. The number of hydrogen-bond donors (Lipinski definition) is 2. The molecule has 0 atom stereocenters. The lowest BCUT2D eigenvalue weighted by Gasteiger charge is -2.20. The number of aliphatic hydroxyl groups excluding tert-OH is 1. The Labute approximate surface area is 166 Å². The number of carbonyl (C=O) groups is 1. The summed E-state index contributed by atoms with van der Waals surface area (Å²) in [5, 5.41) is 17.5. The SMILES string of the molecule is CN1N=C(C(=O)NCc2ccc(Cl)cc2)S(=O)(=O)c2cc(CCCO)sc21. The highest BCUT2D eigenvalue weighted by Gasteiger charge is 2.38. The van der Waals surface area contributed by atoms with Gasteiger partial charge < -0.3 is 10.4 Å². The molecule has 0 radical (unpaired) electrons. The molecule has 0 saturated carbocycles. The quantitative estimate of drug-likeness (QED) is 0.736. The van der Waals surface area contributed by atoms with E-state index in [4.69, 9.17) is 16.7 Å². The maximum Gasteiger partial charge on any atom is 0.284 e. The highest BCUT2D eigenvalue weighted by atomic mass is 35.5. The van der Waals surface area contributed by atoms with Crippen molar-refractivity contribution in [3.8, 4) is 0 Å². The van der Waals surface area contributed by atoms with E-state index < -0.39 is 20.8 Å².